The second kappa shape index (κ2) is 7.76. The van der Waals surface area contributed by atoms with E-state index in [-0.39, 0.29) is 5.82 Å². The molecule has 2 rings (SSSR count). The number of likely N-dealkylation sites (tertiary alicyclic amines) is 1. The first kappa shape index (κ1) is 16.2. The van der Waals surface area contributed by atoms with Gasteiger partial charge in [0.25, 0.3) is 0 Å². The van der Waals surface area contributed by atoms with Crippen LogP contribution >= 0.6 is 0 Å². The van der Waals surface area contributed by atoms with E-state index in [4.69, 9.17) is 4.74 Å². The first-order chi connectivity index (χ1) is 10.1. The highest BCUT2D eigenvalue weighted by atomic mass is 19.1. The maximum atomic E-state index is 14.2. The molecule has 0 radical (unpaired) electrons. The average molecular weight is 294 g/mol. The third-order valence-electron chi connectivity index (χ3n) is 4.18. The predicted octanol–water partition coefficient (Wildman–Crippen LogP) is 3.04. The summed E-state index contributed by atoms with van der Waals surface area (Å²) in [6.07, 6.45) is 2.37. The van der Waals surface area contributed by atoms with Crippen LogP contribution in [-0.2, 0) is 6.54 Å². The van der Waals surface area contributed by atoms with Crippen LogP contribution < -0.4 is 10.1 Å². The molecule has 1 aliphatic rings. The molecule has 0 atom stereocenters. The first-order valence-corrected chi connectivity index (χ1v) is 7.87. The topological polar surface area (TPSA) is 24.5 Å². The molecule has 4 heteroatoms. The van der Waals surface area contributed by atoms with Crippen LogP contribution in [0.1, 0.15) is 32.3 Å². The summed E-state index contributed by atoms with van der Waals surface area (Å²) in [6, 6.07) is 5.93. The van der Waals surface area contributed by atoms with Crippen molar-refractivity contribution in [1.82, 2.24) is 10.2 Å². The van der Waals surface area contributed by atoms with E-state index in [1.165, 1.54) is 20.0 Å². The van der Waals surface area contributed by atoms with Crippen LogP contribution in [-0.4, -0.2) is 37.7 Å². The summed E-state index contributed by atoms with van der Waals surface area (Å²) < 4.78 is 19.2. The molecular weight excluding hydrogens is 267 g/mol. The molecule has 1 saturated heterocycles. The Labute approximate surface area is 127 Å². The fourth-order valence-electron chi connectivity index (χ4n) is 2.83. The molecule has 3 nitrogen and oxygen atoms in total. The minimum atomic E-state index is -0.219. The lowest BCUT2D eigenvalue weighted by Gasteiger charge is -2.32. The molecule has 0 aromatic heterocycles. The first-order valence-electron chi connectivity index (χ1n) is 7.87. The summed E-state index contributed by atoms with van der Waals surface area (Å²) in [5.41, 5.74) is 0.730. The molecule has 1 heterocycles. The zero-order valence-corrected chi connectivity index (χ0v) is 13.4. The van der Waals surface area contributed by atoms with Gasteiger partial charge in [-0.25, -0.2) is 4.39 Å². The van der Waals surface area contributed by atoms with Crippen molar-refractivity contribution in [1.29, 1.82) is 0 Å². The van der Waals surface area contributed by atoms with Crippen molar-refractivity contribution >= 4 is 0 Å². The highest BCUT2D eigenvalue weighted by molar-refractivity contribution is 5.31. The lowest BCUT2D eigenvalue weighted by Crippen LogP contribution is -2.38. The van der Waals surface area contributed by atoms with Crippen LogP contribution in [0.25, 0.3) is 0 Å². The maximum Gasteiger partial charge on any atom is 0.169 e. The summed E-state index contributed by atoms with van der Waals surface area (Å²) in [5.74, 6) is 0.867. The van der Waals surface area contributed by atoms with Crippen LogP contribution in [0.2, 0.25) is 0 Å². The summed E-state index contributed by atoms with van der Waals surface area (Å²) in [6.45, 7) is 8.22. The summed E-state index contributed by atoms with van der Waals surface area (Å²) in [7, 11) is 1.51. The van der Waals surface area contributed by atoms with E-state index in [0.717, 1.165) is 31.1 Å². The van der Waals surface area contributed by atoms with E-state index in [1.807, 2.05) is 12.1 Å². The van der Waals surface area contributed by atoms with E-state index in [9.17, 15) is 4.39 Å². The standard InChI is InChI=1S/C17H27FN2O/c1-13(2)19-11-14-7-9-20(10-8-14)12-15-5-4-6-16(21-3)17(15)18/h4-6,13-14,19H,7-12H2,1-3H3. The Morgan fingerprint density at radius 1 is 1.33 bits per heavy atom. The minimum Gasteiger partial charge on any atom is -0.494 e. The Morgan fingerprint density at radius 3 is 2.67 bits per heavy atom. The Kier molecular flexibility index (Phi) is 6.00. The Hall–Kier alpha value is -1.13. The van der Waals surface area contributed by atoms with Crippen LogP contribution in [0.4, 0.5) is 4.39 Å². The molecule has 21 heavy (non-hydrogen) atoms. The number of hydrogen-bond acceptors (Lipinski definition) is 3. The van der Waals surface area contributed by atoms with Gasteiger partial charge in [-0.05, 0) is 44.5 Å². The zero-order valence-electron chi connectivity index (χ0n) is 13.4. The molecule has 1 aromatic carbocycles. The van der Waals surface area contributed by atoms with Crippen molar-refractivity contribution in [2.75, 3.05) is 26.7 Å². The van der Waals surface area contributed by atoms with Gasteiger partial charge in [0.2, 0.25) is 0 Å². The minimum absolute atomic E-state index is 0.219. The third-order valence-corrected chi connectivity index (χ3v) is 4.18. The van der Waals surface area contributed by atoms with Gasteiger partial charge in [-0.15, -0.1) is 0 Å². The van der Waals surface area contributed by atoms with Gasteiger partial charge in [0, 0.05) is 18.2 Å². The highest BCUT2D eigenvalue weighted by Crippen LogP contribution is 2.23. The molecule has 0 aliphatic carbocycles. The molecule has 0 unspecified atom stereocenters. The van der Waals surface area contributed by atoms with Gasteiger partial charge in [-0.1, -0.05) is 26.0 Å². The Morgan fingerprint density at radius 2 is 2.05 bits per heavy atom. The molecule has 118 valence electrons. The van der Waals surface area contributed by atoms with Crippen molar-refractivity contribution in [2.45, 2.75) is 39.3 Å². The van der Waals surface area contributed by atoms with Crippen molar-refractivity contribution < 1.29 is 9.13 Å². The van der Waals surface area contributed by atoms with Crippen LogP contribution in [0.3, 0.4) is 0 Å². The molecule has 1 aromatic rings. The number of benzene rings is 1. The third kappa shape index (κ3) is 4.68. The second-order valence-electron chi connectivity index (χ2n) is 6.22. The zero-order chi connectivity index (χ0) is 15.2. The fourth-order valence-corrected chi connectivity index (χ4v) is 2.83. The number of piperidine rings is 1. The smallest absolute Gasteiger partial charge is 0.169 e. The van der Waals surface area contributed by atoms with Crippen molar-refractivity contribution in [2.24, 2.45) is 5.92 Å². The van der Waals surface area contributed by atoms with Crippen molar-refractivity contribution in [3.63, 3.8) is 0 Å². The molecule has 1 N–H and O–H groups in total. The van der Waals surface area contributed by atoms with Gasteiger partial charge in [-0.2, -0.15) is 0 Å². The molecular formula is C17H27FN2O. The van der Waals surface area contributed by atoms with Crippen LogP contribution in [0.15, 0.2) is 18.2 Å². The molecule has 1 fully saturated rings. The van der Waals surface area contributed by atoms with E-state index in [2.05, 4.69) is 24.1 Å². The number of halogens is 1. The summed E-state index contributed by atoms with van der Waals surface area (Å²) in [4.78, 5) is 2.34. The molecule has 1 aliphatic heterocycles. The SMILES string of the molecule is COc1cccc(CN2CCC(CNC(C)C)CC2)c1F. The quantitative estimate of drug-likeness (QED) is 0.873. The molecule has 0 saturated carbocycles. The fraction of sp³-hybridized carbons (Fsp3) is 0.647. The Bertz CT molecular complexity index is 442. The molecule has 0 spiro atoms. The molecule has 0 bridgehead atoms. The van der Waals surface area contributed by atoms with E-state index in [1.54, 1.807) is 6.07 Å². The predicted molar refractivity (Wildman–Crippen MR) is 84.1 cm³/mol. The van der Waals surface area contributed by atoms with E-state index in [0.29, 0.717) is 18.3 Å². The second-order valence-corrected chi connectivity index (χ2v) is 6.22. The lowest BCUT2D eigenvalue weighted by molar-refractivity contribution is 0.172. The number of methoxy groups -OCH3 is 1. The number of ether oxygens (including phenoxy) is 1. The van der Waals surface area contributed by atoms with E-state index < -0.39 is 0 Å². The molecule has 0 amide bonds. The van der Waals surface area contributed by atoms with Gasteiger partial charge in [0.1, 0.15) is 0 Å². The largest absolute Gasteiger partial charge is 0.494 e. The van der Waals surface area contributed by atoms with Crippen LogP contribution in [0.5, 0.6) is 5.75 Å². The monoisotopic (exact) mass is 294 g/mol. The number of hydrogen-bond donors (Lipinski definition) is 1. The maximum absolute atomic E-state index is 14.2. The number of nitrogens with one attached hydrogen (secondary N) is 1. The van der Waals surface area contributed by atoms with Gasteiger partial charge < -0.3 is 10.1 Å². The highest BCUT2D eigenvalue weighted by Gasteiger charge is 2.20. The normalized spacial score (nSPS) is 17.4. The Balaban J connectivity index is 1.83. The number of nitrogens with zero attached hydrogens (tertiary/aromatic N) is 1. The lowest BCUT2D eigenvalue weighted by atomic mass is 9.96. The average Bonchev–Trinajstić information content (AvgIpc) is 2.48. The van der Waals surface area contributed by atoms with Crippen molar-refractivity contribution in [3.8, 4) is 5.75 Å². The van der Waals surface area contributed by atoms with E-state index >= 15 is 0 Å². The summed E-state index contributed by atoms with van der Waals surface area (Å²) in [5, 5.41) is 3.51. The van der Waals surface area contributed by atoms with Crippen LogP contribution in [0, 0.1) is 11.7 Å². The summed E-state index contributed by atoms with van der Waals surface area (Å²) >= 11 is 0. The van der Waals surface area contributed by atoms with Gasteiger partial charge >= 0.3 is 0 Å². The van der Waals surface area contributed by atoms with Gasteiger partial charge in [0.05, 0.1) is 7.11 Å². The van der Waals surface area contributed by atoms with Gasteiger partial charge in [0.15, 0.2) is 11.6 Å². The van der Waals surface area contributed by atoms with Gasteiger partial charge in [-0.3, -0.25) is 4.90 Å². The van der Waals surface area contributed by atoms with Crippen molar-refractivity contribution in [3.05, 3.63) is 29.6 Å². The number of rotatable bonds is 6.